The van der Waals surface area contributed by atoms with Crippen LogP contribution in [0.15, 0.2) is 60.6 Å². The molecule has 0 fully saturated rings. The Labute approximate surface area is 125 Å². The van der Waals surface area contributed by atoms with Crippen molar-refractivity contribution in [3.8, 4) is 0 Å². The van der Waals surface area contributed by atoms with Crippen LogP contribution in [-0.2, 0) is 0 Å². The van der Waals surface area contributed by atoms with Crippen molar-refractivity contribution in [2.24, 2.45) is 0 Å². The van der Waals surface area contributed by atoms with Crippen molar-refractivity contribution in [2.45, 2.75) is 13.0 Å². The van der Waals surface area contributed by atoms with E-state index in [1.807, 2.05) is 38.6 Å². The zero-order chi connectivity index (χ0) is 14.8. The molecule has 21 heavy (non-hydrogen) atoms. The Hall–Kier alpha value is -2.33. The fourth-order valence-electron chi connectivity index (χ4n) is 2.60. The molecule has 108 valence electrons. The number of rotatable bonds is 3. The van der Waals surface area contributed by atoms with E-state index >= 15 is 0 Å². The van der Waals surface area contributed by atoms with Gasteiger partial charge >= 0.3 is 0 Å². The van der Waals surface area contributed by atoms with Crippen LogP contribution in [0.3, 0.4) is 0 Å². The van der Waals surface area contributed by atoms with Crippen LogP contribution in [-0.4, -0.2) is 19.1 Å². The second-order valence-electron chi connectivity index (χ2n) is 5.42. The van der Waals surface area contributed by atoms with Crippen molar-refractivity contribution in [2.75, 3.05) is 24.0 Å². The minimum atomic E-state index is 0.203. The summed E-state index contributed by atoms with van der Waals surface area (Å²) in [5.74, 6) is 0. The molecule has 1 unspecified atom stereocenters. The second kappa shape index (κ2) is 5.58. The van der Waals surface area contributed by atoms with Gasteiger partial charge in [-0.1, -0.05) is 30.3 Å². The quantitative estimate of drug-likeness (QED) is 0.936. The molecular formula is C17H20N4. The maximum absolute atomic E-state index is 4.22. The van der Waals surface area contributed by atoms with Gasteiger partial charge < -0.3 is 4.90 Å². The lowest BCUT2D eigenvalue weighted by molar-refractivity contribution is 0.662. The number of nitrogens with zero attached hydrogens (tertiary/aromatic N) is 3. The summed E-state index contributed by atoms with van der Waals surface area (Å²) in [5, 5.41) is 2.13. The first-order chi connectivity index (χ1) is 10.2. The molecule has 0 spiro atoms. The van der Waals surface area contributed by atoms with Gasteiger partial charge in [0.05, 0.1) is 23.6 Å². The summed E-state index contributed by atoms with van der Waals surface area (Å²) in [4.78, 5) is 6.30. The maximum atomic E-state index is 4.22. The molecule has 1 aliphatic heterocycles. The summed E-state index contributed by atoms with van der Waals surface area (Å²) < 4.78 is 0. The van der Waals surface area contributed by atoms with Crippen molar-refractivity contribution in [3.63, 3.8) is 0 Å². The van der Waals surface area contributed by atoms with Gasteiger partial charge in [-0.15, -0.1) is 0 Å². The van der Waals surface area contributed by atoms with Gasteiger partial charge in [0.1, 0.15) is 0 Å². The van der Waals surface area contributed by atoms with Crippen molar-refractivity contribution < 1.29 is 0 Å². The molecule has 0 bridgehead atoms. The van der Waals surface area contributed by atoms with E-state index in [0.29, 0.717) is 0 Å². The van der Waals surface area contributed by atoms with Crippen molar-refractivity contribution >= 4 is 11.4 Å². The molecule has 0 radical (unpaired) electrons. The van der Waals surface area contributed by atoms with E-state index in [1.54, 1.807) is 0 Å². The molecule has 2 aromatic rings. The van der Waals surface area contributed by atoms with Crippen LogP contribution in [0.25, 0.3) is 0 Å². The number of hydrogen-bond acceptors (Lipinski definition) is 4. The molecule has 1 atom stereocenters. The largest absolute Gasteiger partial charge is 0.375 e. The first-order valence-corrected chi connectivity index (χ1v) is 7.08. The smallest absolute Gasteiger partial charge is 0.0838 e. The molecule has 1 N–H and O–H groups in total. The number of hydrogen-bond donors (Lipinski definition) is 1. The van der Waals surface area contributed by atoms with Gasteiger partial charge in [-0.05, 0) is 24.6 Å². The SMILES string of the molecule is CC1=CC(c2ccccc2)NN1c1ccncc1N(C)C. The zero-order valence-corrected chi connectivity index (χ0v) is 12.6. The predicted molar refractivity (Wildman–Crippen MR) is 87.1 cm³/mol. The molecular weight excluding hydrogens is 260 g/mol. The van der Waals surface area contributed by atoms with E-state index in [9.17, 15) is 0 Å². The van der Waals surface area contributed by atoms with Gasteiger partial charge in [0.25, 0.3) is 0 Å². The highest BCUT2D eigenvalue weighted by molar-refractivity contribution is 5.71. The highest BCUT2D eigenvalue weighted by Crippen LogP contribution is 2.33. The lowest BCUT2D eigenvalue weighted by Crippen LogP contribution is -2.34. The molecule has 2 heterocycles. The molecule has 4 heteroatoms. The lowest BCUT2D eigenvalue weighted by atomic mass is 10.1. The minimum absolute atomic E-state index is 0.203. The van der Waals surface area contributed by atoms with Crippen LogP contribution >= 0.6 is 0 Å². The van der Waals surface area contributed by atoms with Crippen LogP contribution in [0.2, 0.25) is 0 Å². The van der Waals surface area contributed by atoms with Gasteiger partial charge in [-0.25, -0.2) is 5.43 Å². The average Bonchev–Trinajstić information content (AvgIpc) is 2.90. The predicted octanol–water partition coefficient (Wildman–Crippen LogP) is 3.12. The number of benzene rings is 1. The normalized spacial score (nSPS) is 17.8. The highest BCUT2D eigenvalue weighted by Gasteiger charge is 2.24. The molecule has 4 nitrogen and oxygen atoms in total. The Balaban J connectivity index is 1.91. The summed E-state index contributed by atoms with van der Waals surface area (Å²) >= 11 is 0. The monoisotopic (exact) mass is 280 g/mol. The van der Waals surface area contributed by atoms with Crippen LogP contribution in [0.1, 0.15) is 18.5 Å². The van der Waals surface area contributed by atoms with Crippen LogP contribution in [0, 0.1) is 0 Å². The standard InChI is InChI=1S/C17H20N4/c1-13-11-15(14-7-5-4-6-8-14)19-21(13)16-9-10-18-12-17(16)20(2)3/h4-12,15,19H,1-3H3. The third kappa shape index (κ3) is 2.62. The number of anilines is 2. The van der Waals surface area contributed by atoms with E-state index in [4.69, 9.17) is 0 Å². The van der Waals surface area contributed by atoms with Crippen molar-refractivity contribution in [1.82, 2.24) is 10.4 Å². The van der Waals surface area contributed by atoms with Gasteiger partial charge in [-0.3, -0.25) is 9.99 Å². The van der Waals surface area contributed by atoms with Gasteiger partial charge in [0.2, 0.25) is 0 Å². The number of hydrazine groups is 1. The summed E-state index contributed by atoms with van der Waals surface area (Å²) in [6.07, 6.45) is 5.96. The maximum Gasteiger partial charge on any atom is 0.0838 e. The molecule has 0 saturated heterocycles. The van der Waals surface area contributed by atoms with Gasteiger partial charge in [-0.2, -0.15) is 0 Å². The summed E-state index contributed by atoms with van der Waals surface area (Å²) in [5.41, 5.74) is 8.21. The average molecular weight is 280 g/mol. The third-order valence-electron chi connectivity index (χ3n) is 3.69. The first-order valence-electron chi connectivity index (χ1n) is 7.08. The molecule has 1 aliphatic rings. The third-order valence-corrected chi connectivity index (χ3v) is 3.69. The first kappa shape index (κ1) is 13.6. The van der Waals surface area contributed by atoms with E-state index in [-0.39, 0.29) is 6.04 Å². The summed E-state index contributed by atoms with van der Waals surface area (Å²) in [7, 11) is 4.06. The molecule has 1 aromatic heterocycles. The Kier molecular flexibility index (Phi) is 3.62. The molecule has 0 amide bonds. The Morgan fingerprint density at radius 1 is 1.14 bits per heavy atom. The molecule has 0 saturated carbocycles. The highest BCUT2D eigenvalue weighted by atomic mass is 15.5. The van der Waals surface area contributed by atoms with E-state index in [1.165, 1.54) is 11.3 Å². The van der Waals surface area contributed by atoms with Gasteiger partial charge in [0, 0.05) is 26.0 Å². The van der Waals surface area contributed by atoms with Gasteiger partial charge in [0.15, 0.2) is 0 Å². The second-order valence-corrected chi connectivity index (χ2v) is 5.42. The van der Waals surface area contributed by atoms with Crippen LogP contribution in [0.4, 0.5) is 11.4 Å². The summed E-state index contributed by atoms with van der Waals surface area (Å²) in [6.45, 7) is 2.12. The minimum Gasteiger partial charge on any atom is -0.375 e. The van der Waals surface area contributed by atoms with E-state index < -0.39 is 0 Å². The van der Waals surface area contributed by atoms with Crippen LogP contribution in [0.5, 0.6) is 0 Å². The lowest BCUT2D eigenvalue weighted by Gasteiger charge is -2.27. The fourth-order valence-corrected chi connectivity index (χ4v) is 2.60. The Morgan fingerprint density at radius 2 is 1.90 bits per heavy atom. The topological polar surface area (TPSA) is 31.4 Å². The number of aromatic nitrogens is 1. The molecule has 1 aromatic carbocycles. The fraction of sp³-hybridized carbons (Fsp3) is 0.235. The Morgan fingerprint density at radius 3 is 2.62 bits per heavy atom. The summed E-state index contributed by atoms with van der Waals surface area (Å²) in [6, 6.07) is 12.7. The van der Waals surface area contributed by atoms with Crippen molar-refractivity contribution in [3.05, 3.63) is 66.1 Å². The molecule has 0 aliphatic carbocycles. The van der Waals surface area contributed by atoms with E-state index in [2.05, 4.69) is 57.6 Å². The van der Waals surface area contributed by atoms with Crippen molar-refractivity contribution in [1.29, 1.82) is 0 Å². The molecule has 3 rings (SSSR count). The number of allylic oxidation sites excluding steroid dienone is 1. The number of pyridine rings is 1. The van der Waals surface area contributed by atoms with Crippen LogP contribution < -0.4 is 15.3 Å². The zero-order valence-electron chi connectivity index (χ0n) is 12.6. The van der Waals surface area contributed by atoms with E-state index in [0.717, 1.165) is 11.4 Å². The number of nitrogens with one attached hydrogen (secondary N) is 1. The Bertz CT molecular complexity index is 649.